The zero-order chi connectivity index (χ0) is 19.1. The fourth-order valence-corrected chi connectivity index (χ4v) is 2.04. The van der Waals surface area contributed by atoms with Gasteiger partial charge in [-0.3, -0.25) is 19.7 Å². The second-order valence-electron chi connectivity index (χ2n) is 5.29. The number of halogens is 1. The van der Waals surface area contributed by atoms with E-state index in [9.17, 15) is 24.1 Å². The molecule has 0 aliphatic carbocycles. The molecule has 0 atom stereocenters. The minimum Gasteiger partial charge on any atom is -0.326 e. The van der Waals surface area contributed by atoms with Crippen molar-refractivity contribution in [3.63, 3.8) is 0 Å². The minimum atomic E-state index is -0.754. The lowest BCUT2D eigenvalue weighted by atomic mass is 10.2. The largest absolute Gasteiger partial charge is 0.326 e. The molecular formula is C17H15FN4O4. The molecule has 8 nitrogen and oxygen atoms in total. The van der Waals surface area contributed by atoms with E-state index in [1.807, 2.05) is 0 Å². The number of rotatable bonds is 6. The third-order valence-corrected chi connectivity index (χ3v) is 3.24. The molecule has 0 radical (unpaired) electrons. The third-order valence-electron chi connectivity index (χ3n) is 3.24. The summed E-state index contributed by atoms with van der Waals surface area (Å²) in [7, 11) is 0. The third kappa shape index (κ3) is 5.20. The summed E-state index contributed by atoms with van der Waals surface area (Å²) in [5, 5.41) is 17.2. The molecule has 0 aliphatic rings. The second kappa shape index (κ2) is 8.47. The molecule has 9 heteroatoms. The number of hydrogen-bond donors (Lipinski definition) is 2. The van der Waals surface area contributed by atoms with Crippen LogP contribution < -0.4 is 10.7 Å². The normalized spacial score (nSPS) is 10.9. The smallest absolute Gasteiger partial charge is 0.282 e. The van der Waals surface area contributed by atoms with Crippen molar-refractivity contribution in [2.75, 3.05) is 5.32 Å². The van der Waals surface area contributed by atoms with Gasteiger partial charge >= 0.3 is 0 Å². The van der Waals surface area contributed by atoms with E-state index in [1.165, 1.54) is 55.5 Å². The van der Waals surface area contributed by atoms with Crippen LogP contribution in [0.1, 0.15) is 23.7 Å². The minimum absolute atomic E-state index is 0.117. The standard InChI is InChI=1S/C17H15FN4O4/c1-11(10-16(23)19-13-8-6-12(18)7-9-13)20-21-17(24)14-4-2-3-5-15(14)22(25)26/h2-9H,10H2,1H3,(H,19,23)(H,21,24)/b20-11-. The Hall–Kier alpha value is -3.62. The van der Waals surface area contributed by atoms with Crippen LogP contribution in [0.4, 0.5) is 15.8 Å². The van der Waals surface area contributed by atoms with Gasteiger partial charge in [-0.2, -0.15) is 5.10 Å². The fraction of sp³-hybridized carbons (Fsp3) is 0.118. The number of nitrogens with zero attached hydrogens (tertiary/aromatic N) is 2. The molecule has 26 heavy (non-hydrogen) atoms. The number of carbonyl (C=O) groups excluding carboxylic acids is 2. The van der Waals surface area contributed by atoms with Crippen LogP contribution in [0.5, 0.6) is 0 Å². The van der Waals surface area contributed by atoms with Gasteiger partial charge < -0.3 is 5.32 Å². The Bertz CT molecular complexity index is 865. The average Bonchev–Trinajstić information content (AvgIpc) is 2.61. The van der Waals surface area contributed by atoms with Gasteiger partial charge in [-0.25, -0.2) is 9.82 Å². The quantitative estimate of drug-likeness (QED) is 0.469. The maximum absolute atomic E-state index is 12.8. The topological polar surface area (TPSA) is 114 Å². The Morgan fingerprint density at radius 3 is 2.46 bits per heavy atom. The maximum atomic E-state index is 12.8. The number of nitrogens with one attached hydrogen (secondary N) is 2. The zero-order valence-corrected chi connectivity index (χ0v) is 13.7. The zero-order valence-electron chi connectivity index (χ0n) is 13.7. The SMILES string of the molecule is C/C(CC(=O)Nc1ccc(F)cc1)=N/NC(=O)c1ccccc1[N+](=O)[O-]. The lowest BCUT2D eigenvalue weighted by Crippen LogP contribution is -2.22. The molecule has 0 aromatic heterocycles. The molecule has 0 saturated heterocycles. The van der Waals surface area contributed by atoms with E-state index in [4.69, 9.17) is 0 Å². The number of nitro groups is 1. The van der Waals surface area contributed by atoms with Gasteiger partial charge in [-0.1, -0.05) is 12.1 Å². The van der Waals surface area contributed by atoms with E-state index in [2.05, 4.69) is 15.8 Å². The number of hydrogen-bond acceptors (Lipinski definition) is 5. The lowest BCUT2D eigenvalue weighted by Gasteiger charge is -2.06. The van der Waals surface area contributed by atoms with Crippen LogP contribution in [0, 0.1) is 15.9 Å². The van der Waals surface area contributed by atoms with Crippen molar-refractivity contribution in [3.8, 4) is 0 Å². The summed E-state index contributed by atoms with van der Waals surface area (Å²) >= 11 is 0. The average molecular weight is 358 g/mol. The molecule has 0 fully saturated rings. The van der Waals surface area contributed by atoms with Crippen LogP contribution in [0.15, 0.2) is 53.6 Å². The first-order valence-electron chi connectivity index (χ1n) is 7.49. The van der Waals surface area contributed by atoms with Gasteiger partial charge in [0, 0.05) is 17.5 Å². The molecule has 2 amide bonds. The van der Waals surface area contributed by atoms with Crippen LogP contribution in [0.2, 0.25) is 0 Å². The van der Waals surface area contributed by atoms with Crippen LogP contribution in [-0.4, -0.2) is 22.4 Å². The number of carbonyl (C=O) groups is 2. The van der Waals surface area contributed by atoms with Crippen LogP contribution in [0.25, 0.3) is 0 Å². The highest BCUT2D eigenvalue weighted by molar-refractivity contribution is 6.06. The number of anilines is 1. The molecule has 2 rings (SSSR count). The van der Waals surface area contributed by atoms with Crippen molar-refractivity contribution in [2.24, 2.45) is 5.10 Å². The maximum Gasteiger partial charge on any atom is 0.282 e. The first-order valence-corrected chi connectivity index (χ1v) is 7.49. The summed E-state index contributed by atoms with van der Waals surface area (Å²) in [5.74, 6) is -1.58. The van der Waals surface area contributed by atoms with Crippen molar-refractivity contribution in [1.82, 2.24) is 5.43 Å². The van der Waals surface area contributed by atoms with Crippen molar-refractivity contribution < 1.29 is 18.9 Å². The summed E-state index contributed by atoms with van der Waals surface area (Å²) in [5.41, 5.74) is 2.42. The lowest BCUT2D eigenvalue weighted by molar-refractivity contribution is -0.385. The molecule has 0 unspecified atom stereocenters. The van der Waals surface area contributed by atoms with Crippen molar-refractivity contribution in [1.29, 1.82) is 0 Å². The fourth-order valence-electron chi connectivity index (χ4n) is 2.04. The van der Waals surface area contributed by atoms with E-state index in [0.717, 1.165) is 0 Å². The number of amides is 2. The Morgan fingerprint density at radius 2 is 1.81 bits per heavy atom. The number of nitro benzene ring substituents is 1. The van der Waals surface area contributed by atoms with Crippen molar-refractivity contribution >= 4 is 28.9 Å². The van der Waals surface area contributed by atoms with E-state index in [1.54, 1.807) is 0 Å². The first kappa shape index (κ1) is 18.7. The van der Waals surface area contributed by atoms with Crippen molar-refractivity contribution in [2.45, 2.75) is 13.3 Å². The Balaban J connectivity index is 1.95. The molecule has 0 bridgehead atoms. The molecule has 2 aromatic rings. The van der Waals surface area contributed by atoms with Crippen LogP contribution in [-0.2, 0) is 4.79 Å². The summed E-state index contributed by atoms with van der Waals surface area (Å²) in [4.78, 5) is 34.2. The molecule has 2 aromatic carbocycles. The van der Waals surface area contributed by atoms with Gasteiger partial charge in [0.2, 0.25) is 5.91 Å². The van der Waals surface area contributed by atoms with Gasteiger partial charge in [-0.15, -0.1) is 0 Å². The Morgan fingerprint density at radius 1 is 1.15 bits per heavy atom. The molecule has 0 spiro atoms. The van der Waals surface area contributed by atoms with Gasteiger partial charge in [0.15, 0.2) is 0 Å². The molecule has 0 heterocycles. The number of benzene rings is 2. The van der Waals surface area contributed by atoms with Gasteiger partial charge in [0.05, 0.1) is 11.3 Å². The summed E-state index contributed by atoms with van der Waals surface area (Å²) in [6.45, 7) is 1.52. The molecule has 134 valence electrons. The van der Waals surface area contributed by atoms with Gasteiger partial charge in [0.25, 0.3) is 11.6 Å². The highest BCUT2D eigenvalue weighted by atomic mass is 19.1. The van der Waals surface area contributed by atoms with E-state index in [-0.39, 0.29) is 23.4 Å². The molecule has 2 N–H and O–H groups in total. The van der Waals surface area contributed by atoms with E-state index < -0.39 is 22.6 Å². The van der Waals surface area contributed by atoms with Crippen LogP contribution >= 0.6 is 0 Å². The second-order valence-corrected chi connectivity index (χ2v) is 5.29. The van der Waals surface area contributed by atoms with E-state index >= 15 is 0 Å². The highest BCUT2D eigenvalue weighted by Gasteiger charge is 2.18. The summed E-state index contributed by atoms with van der Waals surface area (Å²) in [6.07, 6.45) is -0.117. The van der Waals surface area contributed by atoms with Crippen molar-refractivity contribution in [3.05, 3.63) is 70.0 Å². The van der Waals surface area contributed by atoms with Gasteiger partial charge in [-0.05, 0) is 37.3 Å². The summed E-state index contributed by atoms with van der Waals surface area (Å²) < 4.78 is 12.8. The predicted octanol–water partition coefficient (Wildman–Crippen LogP) is 2.87. The Kier molecular flexibility index (Phi) is 6.10. The van der Waals surface area contributed by atoms with E-state index in [0.29, 0.717) is 5.69 Å². The van der Waals surface area contributed by atoms with Crippen LogP contribution in [0.3, 0.4) is 0 Å². The van der Waals surface area contributed by atoms with Gasteiger partial charge in [0.1, 0.15) is 11.4 Å². The first-order chi connectivity index (χ1) is 12.4. The number of para-hydroxylation sites is 1. The molecular weight excluding hydrogens is 343 g/mol. The highest BCUT2D eigenvalue weighted by Crippen LogP contribution is 2.17. The Labute approximate surface area is 147 Å². The number of hydrazone groups is 1. The summed E-state index contributed by atoms with van der Waals surface area (Å²) in [6, 6.07) is 10.7. The predicted molar refractivity (Wildman–Crippen MR) is 93.3 cm³/mol. The monoisotopic (exact) mass is 358 g/mol. The molecule has 0 saturated carbocycles. The molecule has 0 aliphatic heterocycles.